The van der Waals surface area contributed by atoms with Gasteiger partial charge in [-0.05, 0) is 42.9 Å². The molecule has 2 rings (SSSR count). The van der Waals surface area contributed by atoms with Crippen LogP contribution in [0.1, 0.15) is 30.5 Å². The molecule has 2 aromatic carbocycles. The Bertz CT molecular complexity index is 518. The second-order valence-electron chi connectivity index (χ2n) is 5.62. The van der Waals surface area contributed by atoms with Crippen LogP contribution in [0.15, 0.2) is 42.5 Å². The van der Waals surface area contributed by atoms with Crippen molar-refractivity contribution in [1.82, 2.24) is 0 Å². The monoisotopic (exact) mass is 238 g/mol. The van der Waals surface area contributed by atoms with Crippen LogP contribution in [0.5, 0.6) is 0 Å². The van der Waals surface area contributed by atoms with Gasteiger partial charge in [0.05, 0.1) is 0 Å². The van der Waals surface area contributed by atoms with E-state index in [2.05, 4.69) is 70.2 Å². The first-order valence-corrected chi connectivity index (χ1v) is 6.73. The second kappa shape index (κ2) is 5.39. The highest BCUT2D eigenvalue weighted by atomic mass is 14.1. The summed E-state index contributed by atoms with van der Waals surface area (Å²) in [6.07, 6.45) is 1.14. The number of hydrogen-bond acceptors (Lipinski definition) is 0. The maximum atomic E-state index is 2.33. The van der Waals surface area contributed by atoms with Crippen LogP contribution in [0.2, 0.25) is 0 Å². The van der Waals surface area contributed by atoms with Crippen molar-refractivity contribution in [3.8, 4) is 11.1 Å². The van der Waals surface area contributed by atoms with E-state index in [1.54, 1.807) is 0 Å². The van der Waals surface area contributed by atoms with Crippen molar-refractivity contribution in [2.75, 3.05) is 0 Å². The molecule has 0 aliphatic carbocycles. The molecule has 94 valence electrons. The van der Waals surface area contributed by atoms with Crippen molar-refractivity contribution in [3.63, 3.8) is 0 Å². The van der Waals surface area contributed by atoms with Crippen LogP contribution >= 0.6 is 0 Å². The third-order valence-corrected chi connectivity index (χ3v) is 3.25. The lowest BCUT2D eigenvalue weighted by Crippen LogP contribution is -1.97. The zero-order valence-electron chi connectivity index (χ0n) is 11.8. The molecule has 0 spiro atoms. The average Bonchev–Trinajstić information content (AvgIpc) is 2.30. The molecule has 0 unspecified atom stereocenters. The minimum Gasteiger partial charge on any atom is -0.0625 e. The van der Waals surface area contributed by atoms with E-state index in [4.69, 9.17) is 0 Å². The summed E-state index contributed by atoms with van der Waals surface area (Å²) in [7, 11) is 0. The Morgan fingerprint density at radius 2 is 1.44 bits per heavy atom. The first kappa shape index (κ1) is 12.9. The Balaban J connectivity index is 2.45. The fraction of sp³-hybridized carbons (Fsp3) is 0.333. The first-order chi connectivity index (χ1) is 8.56. The Hall–Kier alpha value is -1.56. The fourth-order valence-electron chi connectivity index (χ4n) is 2.35. The largest absolute Gasteiger partial charge is 0.0625 e. The van der Waals surface area contributed by atoms with E-state index in [1.807, 2.05) is 0 Å². The summed E-state index contributed by atoms with van der Waals surface area (Å²) < 4.78 is 0. The van der Waals surface area contributed by atoms with E-state index in [9.17, 15) is 0 Å². The van der Waals surface area contributed by atoms with Crippen LogP contribution < -0.4 is 0 Å². The molecular weight excluding hydrogens is 216 g/mol. The fourth-order valence-corrected chi connectivity index (χ4v) is 2.35. The number of rotatable bonds is 3. The highest BCUT2D eigenvalue weighted by molar-refractivity contribution is 5.68. The van der Waals surface area contributed by atoms with Gasteiger partial charge in [0.15, 0.2) is 0 Å². The van der Waals surface area contributed by atoms with Gasteiger partial charge in [0.2, 0.25) is 0 Å². The molecule has 0 heteroatoms. The van der Waals surface area contributed by atoms with Crippen molar-refractivity contribution in [1.29, 1.82) is 0 Å². The molecule has 0 saturated carbocycles. The Labute approximate surface area is 111 Å². The summed E-state index contributed by atoms with van der Waals surface area (Å²) in [5.74, 6) is 0.691. The third kappa shape index (κ3) is 3.01. The molecule has 0 saturated heterocycles. The molecule has 0 N–H and O–H groups in total. The topological polar surface area (TPSA) is 0 Å². The van der Waals surface area contributed by atoms with Gasteiger partial charge in [-0.2, -0.15) is 0 Å². The summed E-state index contributed by atoms with van der Waals surface area (Å²) in [6, 6.07) is 15.6. The Morgan fingerprint density at radius 3 is 2.06 bits per heavy atom. The van der Waals surface area contributed by atoms with Crippen molar-refractivity contribution >= 4 is 0 Å². The smallest absolute Gasteiger partial charge is 0.0152 e. The lowest BCUT2D eigenvalue weighted by atomic mass is 9.92. The van der Waals surface area contributed by atoms with Crippen LogP contribution in [-0.4, -0.2) is 0 Å². The molecule has 0 atom stereocenters. The van der Waals surface area contributed by atoms with Gasteiger partial charge < -0.3 is 0 Å². The van der Waals surface area contributed by atoms with Gasteiger partial charge in [0.25, 0.3) is 0 Å². The maximum Gasteiger partial charge on any atom is -0.0152 e. The van der Waals surface area contributed by atoms with E-state index < -0.39 is 0 Å². The Morgan fingerprint density at radius 1 is 0.833 bits per heavy atom. The van der Waals surface area contributed by atoms with Crippen LogP contribution in [0, 0.1) is 19.8 Å². The molecule has 0 amide bonds. The number of benzene rings is 2. The van der Waals surface area contributed by atoms with Gasteiger partial charge in [-0.3, -0.25) is 0 Å². The predicted octanol–water partition coefficient (Wildman–Crippen LogP) is 5.17. The van der Waals surface area contributed by atoms with E-state index in [0.717, 1.165) is 6.42 Å². The van der Waals surface area contributed by atoms with Crippen molar-refractivity contribution in [2.45, 2.75) is 34.1 Å². The molecule has 0 aliphatic rings. The zero-order chi connectivity index (χ0) is 13.1. The normalized spacial score (nSPS) is 10.9. The molecule has 0 aromatic heterocycles. The van der Waals surface area contributed by atoms with Crippen LogP contribution in [0.25, 0.3) is 11.1 Å². The van der Waals surface area contributed by atoms with E-state index in [0.29, 0.717) is 5.92 Å². The van der Waals surface area contributed by atoms with Crippen LogP contribution in [-0.2, 0) is 6.42 Å². The minimum atomic E-state index is 0.691. The molecule has 2 aromatic rings. The summed E-state index contributed by atoms with van der Waals surface area (Å²) >= 11 is 0. The number of aryl methyl sites for hydroxylation is 2. The number of hydrogen-bond donors (Lipinski definition) is 0. The highest BCUT2D eigenvalue weighted by Crippen LogP contribution is 2.27. The minimum absolute atomic E-state index is 0.691. The van der Waals surface area contributed by atoms with Gasteiger partial charge in [0, 0.05) is 0 Å². The zero-order valence-corrected chi connectivity index (χ0v) is 11.8. The van der Waals surface area contributed by atoms with Gasteiger partial charge in [-0.25, -0.2) is 0 Å². The van der Waals surface area contributed by atoms with E-state index in [1.165, 1.54) is 27.8 Å². The Kier molecular flexibility index (Phi) is 3.86. The van der Waals surface area contributed by atoms with Gasteiger partial charge >= 0.3 is 0 Å². The first-order valence-electron chi connectivity index (χ1n) is 6.73. The lowest BCUT2D eigenvalue weighted by molar-refractivity contribution is 0.648. The van der Waals surface area contributed by atoms with Crippen molar-refractivity contribution in [2.24, 2.45) is 5.92 Å². The molecule has 0 bridgehead atoms. The maximum absolute atomic E-state index is 2.33. The molecule has 0 nitrogen and oxygen atoms in total. The van der Waals surface area contributed by atoms with Crippen molar-refractivity contribution in [3.05, 3.63) is 59.2 Å². The summed E-state index contributed by atoms with van der Waals surface area (Å²) in [4.78, 5) is 0. The molecule has 0 aliphatic heterocycles. The quantitative estimate of drug-likeness (QED) is 0.692. The van der Waals surface area contributed by atoms with Crippen LogP contribution in [0.4, 0.5) is 0 Å². The molecule has 0 heterocycles. The van der Waals surface area contributed by atoms with Crippen LogP contribution in [0.3, 0.4) is 0 Å². The van der Waals surface area contributed by atoms with Gasteiger partial charge in [-0.15, -0.1) is 0 Å². The van der Waals surface area contributed by atoms with Crippen molar-refractivity contribution < 1.29 is 0 Å². The molecular formula is C18H22. The molecule has 18 heavy (non-hydrogen) atoms. The lowest BCUT2D eigenvalue weighted by Gasteiger charge is -2.13. The second-order valence-corrected chi connectivity index (χ2v) is 5.62. The summed E-state index contributed by atoms with van der Waals surface area (Å²) in [5.41, 5.74) is 6.84. The molecule has 0 fully saturated rings. The summed E-state index contributed by atoms with van der Waals surface area (Å²) in [6.45, 7) is 8.86. The third-order valence-electron chi connectivity index (χ3n) is 3.25. The SMILES string of the molecule is Cc1ccc(-c2ccc(C)cc2CC(C)C)cc1. The molecule has 0 radical (unpaired) electrons. The predicted molar refractivity (Wildman–Crippen MR) is 79.9 cm³/mol. The van der Waals surface area contributed by atoms with E-state index in [-0.39, 0.29) is 0 Å². The van der Waals surface area contributed by atoms with Gasteiger partial charge in [-0.1, -0.05) is 67.4 Å². The van der Waals surface area contributed by atoms with E-state index >= 15 is 0 Å². The average molecular weight is 238 g/mol. The standard InChI is InChI=1S/C18H22/c1-13(2)11-17-12-15(4)7-10-18(17)16-8-5-14(3)6-9-16/h5-10,12-13H,11H2,1-4H3. The highest BCUT2D eigenvalue weighted by Gasteiger charge is 2.07. The summed E-state index contributed by atoms with van der Waals surface area (Å²) in [5, 5.41) is 0. The van der Waals surface area contributed by atoms with Gasteiger partial charge in [0.1, 0.15) is 0 Å².